The highest BCUT2D eigenvalue weighted by Crippen LogP contribution is 2.46. The number of hydrogen-bond donors (Lipinski definition) is 1. The molecule has 0 aliphatic heterocycles. The number of aromatic nitrogens is 3. The molecule has 2 aromatic heterocycles. The monoisotopic (exact) mass is 917 g/mol. The number of pyridine rings is 1. The van der Waals surface area contributed by atoms with Gasteiger partial charge in [0.05, 0.1) is 34.8 Å². The number of phenols is 1. The quantitative estimate of drug-likeness (QED) is 0.165. The number of hydrogen-bond acceptors (Lipinski definition) is 3. The SMILES string of the molecule is [2H]c1c([2H])c([2H])c(-c2ccc(-n3c(-c4cc(C(C)(C)C)cc(C(C)(C)C)c4O)nc4c(-c5cc(-c6ccccc6)cc(-c6cc(-c7ccc(C(C)(C)C)cc7)ccn6)c5)cccc43)c(-c3ccccc3)c2)c([2H])c1[2H]. The van der Waals surface area contributed by atoms with Crippen LogP contribution in [0.3, 0.4) is 0 Å². The Morgan fingerprint density at radius 3 is 1.73 bits per heavy atom. The van der Waals surface area contributed by atoms with Crippen molar-refractivity contribution >= 4 is 11.0 Å². The Bertz CT molecular complexity index is 3800. The van der Waals surface area contributed by atoms with Gasteiger partial charge >= 0.3 is 0 Å². The molecule has 0 unspecified atom stereocenters. The molecular formula is C66H61N3O. The molecule has 0 atom stereocenters. The fraction of sp³-hybridized carbons (Fsp3) is 0.182. The van der Waals surface area contributed by atoms with Crippen LogP contribution in [0, 0.1) is 0 Å². The number of benzene rings is 8. The van der Waals surface area contributed by atoms with E-state index in [0.717, 1.165) is 78.1 Å². The summed E-state index contributed by atoms with van der Waals surface area (Å²) in [6.07, 6.45) is 1.88. The van der Waals surface area contributed by atoms with Gasteiger partial charge in [-0.25, -0.2) is 4.98 Å². The molecule has 0 saturated heterocycles. The Hall–Kier alpha value is -7.82. The summed E-state index contributed by atoms with van der Waals surface area (Å²) < 4.78 is 45.5. The Balaban J connectivity index is 1.27. The molecule has 2 heterocycles. The molecule has 8 aromatic carbocycles. The molecule has 0 spiro atoms. The zero-order valence-electron chi connectivity index (χ0n) is 46.5. The second kappa shape index (κ2) is 17.9. The molecule has 10 aromatic rings. The fourth-order valence-corrected chi connectivity index (χ4v) is 9.36. The molecule has 4 heteroatoms. The first-order valence-corrected chi connectivity index (χ1v) is 24.0. The summed E-state index contributed by atoms with van der Waals surface area (Å²) in [4.78, 5) is 10.6. The van der Waals surface area contributed by atoms with Crippen LogP contribution in [0.4, 0.5) is 0 Å². The van der Waals surface area contributed by atoms with E-state index in [1.807, 2.05) is 79.0 Å². The maximum Gasteiger partial charge on any atom is 0.149 e. The van der Waals surface area contributed by atoms with Crippen LogP contribution in [-0.2, 0) is 16.2 Å². The number of fused-ring (bicyclic) bond motifs is 1. The van der Waals surface area contributed by atoms with Crippen molar-refractivity contribution in [2.75, 3.05) is 0 Å². The van der Waals surface area contributed by atoms with Crippen molar-refractivity contribution in [2.24, 2.45) is 0 Å². The maximum absolute atomic E-state index is 12.7. The molecule has 0 radical (unpaired) electrons. The molecule has 0 saturated carbocycles. The van der Waals surface area contributed by atoms with E-state index in [2.05, 4.69) is 158 Å². The third kappa shape index (κ3) is 8.98. The molecule has 0 bridgehead atoms. The Morgan fingerprint density at radius 1 is 0.443 bits per heavy atom. The Kier molecular flexibility index (Phi) is 10.3. The van der Waals surface area contributed by atoms with Crippen LogP contribution in [0.15, 0.2) is 200 Å². The lowest BCUT2D eigenvalue weighted by atomic mass is 9.79. The predicted octanol–water partition coefficient (Wildman–Crippen LogP) is 17.7. The second-order valence-electron chi connectivity index (χ2n) is 21.4. The first-order valence-electron chi connectivity index (χ1n) is 26.5. The van der Waals surface area contributed by atoms with Crippen LogP contribution < -0.4 is 0 Å². The van der Waals surface area contributed by atoms with Crippen LogP contribution in [0.2, 0.25) is 0 Å². The van der Waals surface area contributed by atoms with Crippen molar-refractivity contribution in [3.05, 3.63) is 217 Å². The number of rotatable bonds is 8. The lowest BCUT2D eigenvalue weighted by molar-refractivity contribution is 0.446. The smallest absolute Gasteiger partial charge is 0.149 e. The minimum absolute atomic E-state index is 0.0358. The van der Waals surface area contributed by atoms with E-state index in [4.69, 9.17) is 16.8 Å². The summed E-state index contributed by atoms with van der Waals surface area (Å²) in [5, 5.41) is 12.7. The van der Waals surface area contributed by atoms with Gasteiger partial charge in [0.25, 0.3) is 0 Å². The number of para-hydroxylation sites is 1. The van der Waals surface area contributed by atoms with E-state index in [1.54, 1.807) is 0 Å². The maximum atomic E-state index is 12.7. The summed E-state index contributed by atoms with van der Waals surface area (Å²) in [7, 11) is 0. The standard InChI is InChI=1S/C66H61N3O/c1-64(2,3)52-31-28-45(29-32-52)48-34-35-67-58(40-48)51-37-49(44-22-15-11-16-23-44)36-50(38-51)54-26-19-27-60-61(54)68-63(56-41-53(65(4,5)6)42-57(62(56)70)66(7,8)9)69(60)59-33-30-47(43-20-13-10-14-21-43)39-55(59)46-24-17-12-18-25-46/h10-42,70H,1-9H3/i10D,13D,14D,20D,21D. The number of nitrogens with zero attached hydrogens (tertiary/aromatic N) is 3. The van der Waals surface area contributed by atoms with Gasteiger partial charge < -0.3 is 5.11 Å². The normalized spacial score (nSPS) is 13.1. The lowest BCUT2D eigenvalue weighted by Crippen LogP contribution is -2.17. The van der Waals surface area contributed by atoms with Crippen molar-refractivity contribution in [1.29, 1.82) is 0 Å². The van der Waals surface area contributed by atoms with Gasteiger partial charge in [-0.15, -0.1) is 0 Å². The van der Waals surface area contributed by atoms with Crippen molar-refractivity contribution < 1.29 is 12.0 Å². The summed E-state index contributed by atoms with van der Waals surface area (Å²) in [5.41, 5.74) is 15.2. The molecular weight excluding hydrogens is 851 g/mol. The predicted molar refractivity (Wildman–Crippen MR) is 295 cm³/mol. The number of aromatic hydroxyl groups is 1. The van der Waals surface area contributed by atoms with Gasteiger partial charge in [-0.3, -0.25) is 9.55 Å². The van der Waals surface area contributed by atoms with Crippen molar-refractivity contribution in [2.45, 2.75) is 78.6 Å². The molecule has 0 aliphatic carbocycles. The highest BCUT2D eigenvalue weighted by Gasteiger charge is 2.29. The van der Waals surface area contributed by atoms with Gasteiger partial charge in [-0.2, -0.15) is 0 Å². The number of phenolic OH excluding ortho intramolecular Hbond substituents is 1. The van der Waals surface area contributed by atoms with E-state index < -0.39 is 23.5 Å². The first kappa shape index (κ1) is 40.1. The van der Waals surface area contributed by atoms with E-state index in [-0.39, 0.29) is 34.2 Å². The molecule has 346 valence electrons. The van der Waals surface area contributed by atoms with Crippen LogP contribution in [0.1, 0.15) is 85.9 Å². The minimum Gasteiger partial charge on any atom is -0.507 e. The largest absolute Gasteiger partial charge is 0.507 e. The van der Waals surface area contributed by atoms with Crippen molar-refractivity contribution in [3.8, 4) is 89.7 Å². The average Bonchev–Trinajstić information content (AvgIpc) is 3.80. The van der Waals surface area contributed by atoms with Gasteiger partial charge in [0.15, 0.2) is 0 Å². The second-order valence-corrected chi connectivity index (χ2v) is 21.4. The molecule has 0 fully saturated rings. The van der Waals surface area contributed by atoms with E-state index >= 15 is 0 Å². The highest BCUT2D eigenvalue weighted by atomic mass is 16.3. The molecule has 0 amide bonds. The topological polar surface area (TPSA) is 50.9 Å². The van der Waals surface area contributed by atoms with Crippen LogP contribution in [-0.4, -0.2) is 19.6 Å². The Morgan fingerprint density at radius 2 is 1.06 bits per heavy atom. The summed E-state index contributed by atoms with van der Waals surface area (Å²) >= 11 is 0. The minimum atomic E-state index is -0.445. The van der Waals surface area contributed by atoms with E-state index in [0.29, 0.717) is 22.5 Å². The molecule has 4 nitrogen and oxygen atoms in total. The molecule has 1 N–H and O–H groups in total. The summed E-state index contributed by atoms with van der Waals surface area (Å²) in [6.45, 7) is 19.5. The van der Waals surface area contributed by atoms with Gasteiger partial charge in [-0.1, -0.05) is 202 Å². The fourth-order valence-electron chi connectivity index (χ4n) is 9.36. The van der Waals surface area contributed by atoms with Gasteiger partial charge in [0.2, 0.25) is 0 Å². The third-order valence-corrected chi connectivity index (χ3v) is 13.3. The van der Waals surface area contributed by atoms with Gasteiger partial charge in [0, 0.05) is 28.5 Å². The summed E-state index contributed by atoms with van der Waals surface area (Å²) in [5.74, 6) is 0.656. The lowest BCUT2D eigenvalue weighted by Gasteiger charge is -2.27. The zero-order chi connectivity index (χ0) is 53.3. The van der Waals surface area contributed by atoms with Crippen LogP contribution in [0.5, 0.6) is 5.75 Å². The first-order chi connectivity index (χ1) is 35.6. The van der Waals surface area contributed by atoms with Crippen LogP contribution >= 0.6 is 0 Å². The van der Waals surface area contributed by atoms with Crippen molar-refractivity contribution in [1.82, 2.24) is 14.5 Å². The van der Waals surface area contributed by atoms with Crippen molar-refractivity contribution in [3.63, 3.8) is 0 Å². The number of imidazole rings is 1. The van der Waals surface area contributed by atoms with E-state index in [1.165, 1.54) is 5.56 Å². The van der Waals surface area contributed by atoms with Crippen LogP contribution in [0.25, 0.3) is 95.0 Å². The summed E-state index contributed by atoms with van der Waals surface area (Å²) in [6, 6.07) is 54.1. The molecule has 10 rings (SSSR count). The van der Waals surface area contributed by atoms with E-state index in [9.17, 15) is 5.11 Å². The third-order valence-electron chi connectivity index (χ3n) is 13.3. The average molecular weight is 917 g/mol. The van der Waals surface area contributed by atoms with Gasteiger partial charge in [-0.05, 0) is 126 Å². The van der Waals surface area contributed by atoms with Gasteiger partial charge in [0.1, 0.15) is 11.6 Å². The highest BCUT2D eigenvalue weighted by molar-refractivity contribution is 5.99. The molecule has 70 heavy (non-hydrogen) atoms. The zero-order valence-corrected chi connectivity index (χ0v) is 41.5. The molecule has 0 aliphatic rings. The Labute approximate surface area is 421 Å².